The normalized spacial score (nSPS) is 11.3. The summed E-state index contributed by atoms with van der Waals surface area (Å²) in [6.45, 7) is 1.69. The zero-order valence-corrected chi connectivity index (χ0v) is 15.8. The summed E-state index contributed by atoms with van der Waals surface area (Å²) in [6.07, 6.45) is -4.49. The smallest absolute Gasteiger partial charge is 0.416 e. The average Bonchev–Trinajstić information content (AvgIpc) is 3.36. The Balaban J connectivity index is 1.65. The molecular formula is C19H14F3NO5S. The van der Waals surface area contributed by atoms with Crippen LogP contribution in [0.25, 0.3) is 11.3 Å². The SMILES string of the molecule is CCOC(=O)c1nc(COC(=O)c2ccc(-c3cccc(C(F)(F)F)c3)o2)cs1. The number of thiazole rings is 1. The molecule has 0 N–H and O–H groups in total. The number of rotatable bonds is 6. The van der Waals surface area contributed by atoms with E-state index in [0.29, 0.717) is 5.69 Å². The summed E-state index contributed by atoms with van der Waals surface area (Å²) in [7, 11) is 0. The van der Waals surface area contributed by atoms with Gasteiger partial charge >= 0.3 is 18.1 Å². The minimum absolute atomic E-state index is 0.0984. The summed E-state index contributed by atoms with van der Waals surface area (Å²) >= 11 is 1.06. The summed E-state index contributed by atoms with van der Waals surface area (Å²) in [4.78, 5) is 27.7. The third-order valence-electron chi connectivity index (χ3n) is 3.63. The monoisotopic (exact) mass is 425 g/mol. The van der Waals surface area contributed by atoms with Crippen molar-refractivity contribution in [1.82, 2.24) is 4.98 Å². The molecule has 2 aromatic heterocycles. The van der Waals surface area contributed by atoms with Gasteiger partial charge in [-0.25, -0.2) is 14.6 Å². The van der Waals surface area contributed by atoms with Crippen LogP contribution in [0.1, 0.15) is 38.5 Å². The first-order valence-corrected chi connectivity index (χ1v) is 9.22. The van der Waals surface area contributed by atoms with Gasteiger partial charge in [0.15, 0.2) is 0 Å². The number of ether oxygens (including phenoxy) is 2. The number of halogens is 3. The minimum Gasteiger partial charge on any atom is -0.461 e. The predicted molar refractivity (Wildman–Crippen MR) is 96.3 cm³/mol. The van der Waals surface area contributed by atoms with Gasteiger partial charge in [0.25, 0.3) is 0 Å². The van der Waals surface area contributed by atoms with Gasteiger partial charge in [0.2, 0.25) is 10.8 Å². The van der Waals surface area contributed by atoms with Crippen molar-refractivity contribution in [2.45, 2.75) is 19.7 Å². The van der Waals surface area contributed by atoms with Crippen molar-refractivity contribution in [3.63, 3.8) is 0 Å². The van der Waals surface area contributed by atoms with E-state index in [1.807, 2.05) is 0 Å². The standard InChI is InChI=1S/C19H14F3NO5S/c1-2-26-18(25)16-23-13(10-29-16)9-27-17(24)15-7-6-14(28-15)11-4-3-5-12(8-11)19(20,21)22/h3-8,10H,2,9H2,1H3. The molecule has 0 aliphatic heterocycles. The molecule has 0 saturated carbocycles. The van der Waals surface area contributed by atoms with Gasteiger partial charge in [-0.3, -0.25) is 0 Å². The number of esters is 2. The highest BCUT2D eigenvalue weighted by molar-refractivity contribution is 7.11. The van der Waals surface area contributed by atoms with Gasteiger partial charge in [-0.15, -0.1) is 11.3 Å². The maximum Gasteiger partial charge on any atom is 0.416 e. The molecule has 3 aromatic rings. The molecule has 0 aliphatic rings. The van der Waals surface area contributed by atoms with Crippen molar-refractivity contribution >= 4 is 23.3 Å². The number of carbonyl (C=O) groups excluding carboxylic acids is 2. The van der Waals surface area contributed by atoms with E-state index >= 15 is 0 Å². The summed E-state index contributed by atoms with van der Waals surface area (Å²) in [5, 5.41) is 1.69. The Labute approximate surface area is 166 Å². The molecule has 0 fully saturated rings. The number of nitrogens with zero attached hydrogens (tertiary/aromatic N) is 1. The van der Waals surface area contributed by atoms with Gasteiger partial charge in [-0.1, -0.05) is 12.1 Å². The first-order chi connectivity index (χ1) is 13.8. The second-order valence-corrected chi connectivity index (χ2v) is 6.54. The number of hydrogen-bond donors (Lipinski definition) is 0. The highest BCUT2D eigenvalue weighted by Crippen LogP contribution is 2.32. The number of benzene rings is 1. The Kier molecular flexibility index (Phi) is 6.02. The summed E-state index contributed by atoms with van der Waals surface area (Å²) in [6, 6.07) is 7.26. The van der Waals surface area contributed by atoms with Crippen LogP contribution in [0, 0.1) is 0 Å². The van der Waals surface area contributed by atoms with E-state index in [4.69, 9.17) is 13.9 Å². The van der Waals surface area contributed by atoms with Gasteiger partial charge in [-0.2, -0.15) is 13.2 Å². The maximum absolute atomic E-state index is 12.8. The van der Waals surface area contributed by atoms with Gasteiger partial charge in [0, 0.05) is 10.9 Å². The van der Waals surface area contributed by atoms with Crippen LogP contribution in [0.5, 0.6) is 0 Å². The van der Waals surface area contributed by atoms with Crippen molar-refractivity contribution in [1.29, 1.82) is 0 Å². The average molecular weight is 425 g/mol. The lowest BCUT2D eigenvalue weighted by atomic mass is 10.1. The molecule has 0 radical (unpaired) electrons. The molecule has 0 unspecified atom stereocenters. The molecule has 0 spiro atoms. The van der Waals surface area contributed by atoms with E-state index in [1.165, 1.54) is 24.3 Å². The van der Waals surface area contributed by atoms with Gasteiger partial charge in [-0.05, 0) is 31.2 Å². The van der Waals surface area contributed by atoms with Crippen molar-refractivity contribution in [3.05, 3.63) is 63.8 Å². The van der Waals surface area contributed by atoms with Crippen molar-refractivity contribution < 1.29 is 36.7 Å². The van der Waals surface area contributed by atoms with Crippen molar-refractivity contribution in [2.24, 2.45) is 0 Å². The van der Waals surface area contributed by atoms with Crippen LogP contribution in [0.4, 0.5) is 13.2 Å². The molecule has 29 heavy (non-hydrogen) atoms. The van der Waals surface area contributed by atoms with E-state index in [1.54, 1.807) is 12.3 Å². The Morgan fingerprint density at radius 3 is 2.66 bits per heavy atom. The first kappa shape index (κ1) is 20.6. The van der Waals surface area contributed by atoms with Crippen LogP contribution in [0.2, 0.25) is 0 Å². The predicted octanol–water partition coefficient (Wildman–Crippen LogP) is 4.96. The Bertz CT molecular complexity index is 1020. The van der Waals surface area contributed by atoms with E-state index in [-0.39, 0.29) is 35.3 Å². The van der Waals surface area contributed by atoms with Crippen LogP contribution in [-0.2, 0) is 22.3 Å². The van der Waals surface area contributed by atoms with Crippen LogP contribution in [0.3, 0.4) is 0 Å². The molecule has 1 aromatic carbocycles. The fourth-order valence-electron chi connectivity index (χ4n) is 2.32. The molecule has 6 nitrogen and oxygen atoms in total. The fraction of sp³-hybridized carbons (Fsp3) is 0.211. The number of alkyl halides is 3. The van der Waals surface area contributed by atoms with E-state index < -0.39 is 23.7 Å². The van der Waals surface area contributed by atoms with E-state index in [2.05, 4.69) is 4.98 Å². The second kappa shape index (κ2) is 8.48. The first-order valence-electron chi connectivity index (χ1n) is 8.34. The van der Waals surface area contributed by atoms with Crippen LogP contribution in [-0.4, -0.2) is 23.5 Å². The molecule has 152 valence electrons. The highest BCUT2D eigenvalue weighted by atomic mass is 32.1. The van der Waals surface area contributed by atoms with Crippen LogP contribution >= 0.6 is 11.3 Å². The maximum atomic E-state index is 12.8. The molecule has 2 heterocycles. The number of aromatic nitrogens is 1. The topological polar surface area (TPSA) is 78.6 Å². The zero-order chi connectivity index (χ0) is 21.0. The quantitative estimate of drug-likeness (QED) is 0.520. The van der Waals surface area contributed by atoms with Gasteiger partial charge in [0.1, 0.15) is 12.4 Å². The number of carbonyl (C=O) groups is 2. The van der Waals surface area contributed by atoms with Gasteiger partial charge < -0.3 is 13.9 Å². The summed E-state index contributed by atoms with van der Waals surface area (Å²) in [5.41, 5.74) is -0.287. The lowest BCUT2D eigenvalue weighted by Gasteiger charge is -2.07. The molecule has 3 rings (SSSR count). The largest absolute Gasteiger partial charge is 0.461 e. The lowest BCUT2D eigenvalue weighted by Crippen LogP contribution is -2.06. The molecular weight excluding hydrogens is 411 g/mol. The van der Waals surface area contributed by atoms with Crippen LogP contribution < -0.4 is 0 Å². The highest BCUT2D eigenvalue weighted by Gasteiger charge is 2.30. The van der Waals surface area contributed by atoms with Gasteiger partial charge in [0.05, 0.1) is 17.9 Å². The third kappa shape index (κ3) is 5.02. The van der Waals surface area contributed by atoms with Crippen LogP contribution in [0.15, 0.2) is 46.2 Å². The Morgan fingerprint density at radius 1 is 1.14 bits per heavy atom. The molecule has 10 heteroatoms. The zero-order valence-electron chi connectivity index (χ0n) is 15.0. The third-order valence-corrected chi connectivity index (χ3v) is 4.51. The molecule has 0 aliphatic carbocycles. The fourth-order valence-corrected chi connectivity index (χ4v) is 3.02. The molecule has 0 amide bonds. The van der Waals surface area contributed by atoms with Crippen molar-refractivity contribution in [3.8, 4) is 11.3 Å². The molecule has 0 saturated heterocycles. The Morgan fingerprint density at radius 2 is 1.93 bits per heavy atom. The molecule has 0 bridgehead atoms. The summed E-state index contributed by atoms with van der Waals surface area (Å²) < 4.78 is 53.7. The number of furan rings is 1. The van der Waals surface area contributed by atoms with E-state index in [9.17, 15) is 22.8 Å². The lowest BCUT2D eigenvalue weighted by molar-refractivity contribution is -0.137. The Hall–Kier alpha value is -3.14. The summed E-state index contributed by atoms with van der Waals surface area (Å²) in [5.74, 6) is -1.44. The van der Waals surface area contributed by atoms with Crippen molar-refractivity contribution in [2.75, 3.05) is 6.61 Å². The molecule has 0 atom stereocenters. The number of hydrogen-bond acceptors (Lipinski definition) is 7. The van der Waals surface area contributed by atoms with E-state index in [0.717, 1.165) is 23.5 Å². The minimum atomic E-state index is -4.49. The second-order valence-electron chi connectivity index (χ2n) is 5.68.